The molecule has 0 radical (unpaired) electrons. The third-order valence-electron chi connectivity index (χ3n) is 3.37. The van der Waals surface area contributed by atoms with E-state index in [2.05, 4.69) is 20.6 Å². The van der Waals surface area contributed by atoms with Crippen molar-refractivity contribution in [2.24, 2.45) is 7.05 Å². The van der Waals surface area contributed by atoms with Crippen LogP contribution in [-0.2, 0) is 7.05 Å². The van der Waals surface area contributed by atoms with Crippen molar-refractivity contribution in [2.45, 2.75) is 38.1 Å². The largest absolute Gasteiger partial charge is 0.423 e. The number of aromatic nitrogens is 4. The Morgan fingerprint density at radius 2 is 2.17 bits per heavy atom. The summed E-state index contributed by atoms with van der Waals surface area (Å²) in [4.78, 5) is 0. The molecule has 0 aromatic carbocycles. The van der Waals surface area contributed by atoms with Crippen LogP contribution in [0.3, 0.4) is 0 Å². The maximum absolute atomic E-state index is 5.25. The normalized spacial score (nSPS) is 16.9. The number of nitrogens with zero attached hydrogens (tertiary/aromatic N) is 4. The van der Waals surface area contributed by atoms with Crippen LogP contribution in [0.2, 0.25) is 0 Å². The average molecular weight is 247 g/mol. The van der Waals surface area contributed by atoms with E-state index >= 15 is 0 Å². The van der Waals surface area contributed by atoms with E-state index in [0.717, 1.165) is 11.4 Å². The molecule has 6 nitrogen and oxygen atoms in total. The molecule has 1 saturated carbocycles. The molecule has 0 bridgehead atoms. The highest BCUT2D eigenvalue weighted by Crippen LogP contribution is 2.28. The molecular weight excluding hydrogens is 230 g/mol. The van der Waals surface area contributed by atoms with Gasteiger partial charge in [-0.2, -0.15) is 5.10 Å². The first-order chi connectivity index (χ1) is 8.83. The molecule has 18 heavy (non-hydrogen) atoms. The van der Waals surface area contributed by atoms with Crippen LogP contribution in [0.25, 0.3) is 11.5 Å². The zero-order chi connectivity index (χ0) is 12.4. The van der Waals surface area contributed by atoms with Crippen LogP contribution in [-0.4, -0.2) is 26.0 Å². The average Bonchev–Trinajstić information content (AvgIpc) is 3.00. The summed E-state index contributed by atoms with van der Waals surface area (Å²) in [6.45, 7) is 0. The van der Waals surface area contributed by atoms with E-state index in [0.29, 0.717) is 11.9 Å². The molecule has 3 rings (SSSR count). The molecule has 1 N–H and O–H groups in total. The summed E-state index contributed by atoms with van der Waals surface area (Å²) >= 11 is 0. The Kier molecular flexibility index (Phi) is 3.00. The molecule has 0 saturated heterocycles. The van der Waals surface area contributed by atoms with E-state index in [1.807, 2.05) is 13.2 Å². The molecule has 2 aromatic heterocycles. The molecule has 0 unspecified atom stereocenters. The lowest BCUT2D eigenvalue weighted by Gasteiger charge is -2.22. The van der Waals surface area contributed by atoms with Gasteiger partial charge in [-0.1, -0.05) is 19.3 Å². The predicted octanol–water partition coefficient (Wildman–Crippen LogP) is 2.21. The van der Waals surface area contributed by atoms with Gasteiger partial charge in [0, 0.05) is 19.3 Å². The van der Waals surface area contributed by atoms with Crippen molar-refractivity contribution in [1.82, 2.24) is 20.0 Å². The molecule has 1 fully saturated rings. The molecular formula is C12H17N5O. The lowest BCUT2D eigenvalue weighted by molar-refractivity contribution is 0.461. The third kappa shape index (κ3) is 2.23. The van der Waals surface area contributed by atoms with Crippen molar-refractivity contribution < 1.29 is 4.42 Å². The van der Waals surface area contributed by atoms with E-state index in [4.69, 9.17) is 4.42 Å². The Morgan fingerprint density at radius 3 is 2.89 bits per heavy atom. The van der Waals surface area contributed by atoms with Crippen LogP contribution < -0.4 is 5.32 Å². The maximum Gasteiger partial charge on any atom is 0.252 e. The van der Waals surface area contributed by atoms with E-state index in [-0.39, 0.29) is 0 Å². The first-order valence-corrected chi connectivity index (χ1v) is 6.39. The fourth-order valence-corrected chi connectivity index (χ4v) is 2.48. The highest BCUT2D eigenvalue weighted by molar-refractivity contribution is 5.68. The molecule has 0 amide bonds. The number of anilines is 1. The quantitative estimate of drug-likeness (QED) is 0.900. The summed E-state index contributed by atoms with van der Waals surface area (Å²) in [7, 11) is 1.89. The fourth-order valence-electron chi connectivity index (χ4n) is 2.48. The minimum atomic E-state index is 0.510. The summed E-state index contributed by atoms with van der Waals surface area (Å²) in [5.74, 6) is 1.36. The van der Waals surface area contributed by atoms with Gasteiger partial charge in [0.2, 0.25) is 6.39 Å². The summed E-state index contributed by atoms with van der Waals surface area (Å²) < 4.78 is 7.02. The van der Waals surface area contributed by atoms with Crippen LogP contribution in [0.4, 0.5) is 5.82 Å². The molecule has 0 atom stereocenters. The van der Waals surface area contributed by atoms with Crippen LogP contribution in [0, 0.1) is 0 Å². The SMILES string of the molecule is Cn1cc(-c2nnco2)c(NC2CCCCC2)n1. The third-order valence-corrected chi connectivity index (χ3v) is 3.37. The first kappa shape index (κ1) is 11.3. The second kappa shape index (κ2) is 4.80. The van der Waals surface area contributed by atoms with Gasteiger partial charge < -0.3 is 9.73 Å². The van der Waals surface area contributed by atoms with Gasteiger partial charge >= 0.3 is 0 Å². The molecule has 0 spiro atoms. The van der Waals surface area contributed by atoms with Gasteiger partial charge in [-0.15, -0.1) is 10.2 Å². The van der Waals surface area contributed by atoms with Crippen LogP contribution in [0.5, 0.6) is 0 Å². The van der Waals surface area contributed by atoms with Gasteiger partial charge in [-0.3, -0.25) is 4.68 Å². The van der Waals surface area contributed by atoms with Crippen molar-refractivity contribution in [3.8, 4) is 11.5 Å². The van der Waals surface area contributed by atoms with Crippen molar-refractivity contribution >= 4 is 5.82 Å². The van der Waals surface area contributed by atoms with E-state index < -0.39 is 0 Å². The Morgan fingerprint density at radius 1 is 1.33 bits per heavy atom. The van der Waals surface area contributed by atoms with E-state index in [9.17, 15) is 0 Å². The Hall–Kier alpha value is -1.85. The summed E-state index contributed by atoms with van der Waals surface area (Å²) in [5, 5.41) is 15.6. The molecule has 1 aliphatic rings. The maximum atomic E-state index is 5.25. The van der Waals surface area contributed by atoms with Gasteiger partial charge in [0.05, 0.1) is 0 Å². The van der Waals surface area contributed by atoms with E-state index in [1.165, 1.54) is 38.5 Å². The number of rotatable bonds is 3. The summed E-state index contributed by atoms with van der Waals surface area (Å²) in [6.07, 6.45) is 9.59. The van der Waals surface area contributed by atoms with Crippen molar-refractivity contribution in [3.63, 3.8) is 0 Å². The zero-order valence-corrected chi connectivity index (χ0v) is 10.5. The zero-order valence-electron chi connectivity index (χ0n) is 10.5. The topological polar surface area (TPSA) is 68.8 Å². The van der Waals surface area contributed by atoms with Crippen molar-refractivity contribution in [3.05, 3.63) is 12.6 Å². The smallest absolute Gasteiger partial charge is 0.252 e. The van der Waals surface area contributed by atoms with Gasteiger partial charge in [0.15, 0.2) is 5.82 Å². The van der Waals surface area contributed by atoms with Crippen LogP contribution >= 0.6 is 0 Å². The minimum Gasteiger partial charge on any atom is -0.423 e. The monoisotopic (exact) mass is 247 g/mol. The Labute approximate surface area is 105 Å². The molecule has 1 aliphatic carbocycles. The van der Waals surface area contributed by atoms with Gasteiger partial charge in [-0.25, -0.2) is 0 Å². The highest BCUT2D eigenvalue weighted by atomic mass is 16.4. The molecule has 2 aromatic rings. The second-order valence-corrected chi connectivity index (χ2v) is 4.79. The van der Waals surface area contributed by atoms with Crippen molar-refractivity contribution in [1.29, 1.82) is 0 Å². The predicted molar refractivity (Wildman–Crippen MR) is 67.0 cm³/mol. The standard InChI is InChI=1S/C12H17N5O/c1-17-7-10(12-15-13-8-18-12)11(16-17)14-9-5-3-2-4-6-9/h7-9H,2-6H2,1H3,(H,14,16). The highest BCUT2D eigenvalue weighted by Gasteiger charge is 2.19. The van der Waals surface area contributed by atoms with E-state index in [1.54, 1.807) is 4.68 Å². The lowest BCUT2D eigenvalue weighted by atomic mass is 9.95. The number of hydrogen-bond acceptors (Lipinski definition) is 5. The molecule has 2 heterocycles. The molecule has 96 valence electrons. The second-order valence-electron chi connectivity index (χ2n) is 4.79. The molecule has 0 aliphatic heterocycles. The minimum absolute atomic E-state index is 0.510. The Bertz CT molecular complexity index is 499. The fraction of sp³-hybridized carbons (Fsp3) is 0.583. The first-order valence-electron chi connectivity index (χ1n) is 6.39. The summed E-state index contributed by atoms with van der Waals surface area (Å²) in [5.41, 5.74) is 0.876. The number of hydrogen-bond donors (Lipinski definition) is 1. The number of aryl methyl sites for hydroxylation is 1. The van der Waals surface area contributed by atoms with Crippen LogP contribution in [0.1, 0.15) is 32.1 Å². The molecule has 6 heteroatoms. The van der Waals surface area contributed by atoms with Gasteiger partial charge in [-0.05, 0) is 12.8 Å². The lowest BCUT2D eigenvalue weighted by Crippen LogP contribution is -2.22. The number of nitrogens with one attached hydrogen (secondary N) is 1. The van der Waals surface area contributed by atoms with Crippen molar-refractivity contribution in [2.75, 3.05) is 5.32 Å². The van der Waals surface area contributed by atoms with Crippen LogP contribution in [0.15, 0.2) is 17.0 Å². The van der Waals surface area contributed by atoms with Gasteiger partial charge in [0.1, 0.15) is 5.56 Å². The Balaban J connectivity index is 1.82. The summed E-state index contributed by atoms with van der Waals surface area (Å²) in [6, 6.07) is 0.510. The van der Waals surface area contributed by atoms with Gasteiger partial charge in [0.25, 0.3) is 5.89 Å².